The van der Waals surface area contributed by atoms with Crippen molar-refractivity contribution in [3.63, 3.8) is 0 Å². The Kier molecular flexibility index (Phi) is 5.48. The van der Waals surface area contributed by atoms with Gasteiger partial charge in [-0.05, 0) is 17.7 Å². The number of aromatic nitrogens is 1. The second-order valence-electron chi connectivity index (χ2n) is 6.00. The number of benzene rings is 1. The first-order valence-electron chi connectivity index (χ1n) is 8.01. The van der Waals surface area contributed by atoms with Gasteiger partial charge in [-0.1, -0.05) is 42.5 Å². The molecule has 5 atom stereocenters. The van der Waals surface area contributed by atoms with Crippen LogP contribution in [-0.4, -0.2) is 56.0 Å². The molecule has 1 aliphatic heterocycles. The van der Waals surface area contributed by atoms with Crippen LogP contribution < -0.4 is 0 Å². The van der Waals surface area contributed by atoms with Crippen molar-refractivity contribution in [2.24, 2.45) is 0 Å². The molecule has 0 radical (unpaired) electrons. The third kappa shape index (κ3) is 3.17. The Balaban J connectivity index is 2.19. The zero-order chi connectivity index (χ0) is 18.8. The van der Waals surface area contributed by atoms with Crippen LogP contribution in [0.3, 0.4) is 0 Å². The fourth-order valence-corrected chi connectivity index (χ4v) is 3.35. The highest BCUT2D eigenvalue weighted by atomic mass is 32.1. The Hall–Kier alpha value is -2.12. The van der Waals surface area contributed by atoms with Gasteiger partial charge in [0.25, 0.3) is 0 Å². The number of pyridine rings is 1. The Morgan fingerprint density at radius 3 is 2.35 bits per heavy atom. The molecule has 3 rings (SSSR count). The minimum Gasteiger partial charge on any atom is -0.394 e. The van der Waals surface area contributed by atoms with Gasteiger partial charge in [0.15, 0.2) is 6.23 Å². The first kappa shape index (κ1) is 18.7. The molecule has 0 saturated carbocycles. The highest BCUT2D eigenvalue weighted by Crippen LogP contribution is 2.33. The van der Waals surface area contributed by atoms with Gasteiger partial charge in [0.05, 0.1) is 17.9 Å². The van der Waals surface area contributed by atoms with Gasteiger partial charge in [0.1, 0.15) is 35.1 Å². The fraction of sp³-hybridized carbons (Fsp3) is 0.333. The van der Waals surface area contributed by atoms with Crippen LogP contribution in [0.1, 0.15) is 11.8 Å². The largest absolute Gasteiger partial charge is 0.394 e. The minimum absolute atomic E-state index is 0.123. The lowest BCUT2D eigenvalue weighted by Gasteiger charge is -2.41. The smallest absolute Gasteiger partial charge is 0.164 e. The maximum absolute atomic E-state index is 10.5. The summed E-state index contributed by atoms with van der Waals surface area (Å²) in [6.07, 6.45) is -6.77. The van der Waals surface area contributed by atoms with Gasteiger partial charge >= 0.3 is 0 Å². The standard InChI is InChI=1S/C18H18N2O5S/c19-8-11-6-7-12(10-4-2-1-3-5-10)20(18(11)26)17-16(24)15(23)14(22)13(9-21)25-17/h1-7,13-17,21-24H,9H2/t13-,14+,15+,16-,17-/m1/s1. The SMILES string of the molecule is N#Cc1ccc(-c2ccccc2)n([C@@H]2O[C@H](CO)[C@H](O)[C@H](O)[C@H]2O)c1=S. The summed E-state index contributed by atoms with van der Waals surface area (Å²) < 4.78 is 7.20. The summed E-state index contributed by atoms with van der Waals surface area (Å²) in [5.74, 6) is 0. The normalized spacial score (nSPS) is 28.5. The van der Waals surface area contributed by atoms with E-state index in [1.807, 2.05) is 36.4 Å². The Morgan fingerprint density at radius 2 is 1.73 bits per heavy atom. The van der Waals surface area contributed by atoms with E-state index in [-0.39, 0.29) is 10.2 Å². The molecule has 0 unspecified atom stereocenters. The van der Waals surface area contributed by atoms with Crippen molar-refractivity contribution >= 4 is 12.2 Å². The van der Waals surface area contributed by atoms with Crippen LogP contribution in [0.5, 0.6) is 0 Å². The molecule has 0 spiro atoms. The third-order valence-electron chi connectivity index (χ3n) is 4.43. The molecule has 0 aliphatic carbocycles. The number of nitriles is 1. The van der Waals surface area contributed by atoms with Crippen molar-refractivity contribution in [2.75, 3.05) is 6.61 Å². The highest BCUT2D eigenvalue weighted by molar-refractivity contribution is 7.71. The molecule has 0 amide bonds. The van der Waals surface area contributed by atoms with Crippen LogP contribution in [0.15, 0.2) is 42.5 Å². The number of hydrogen-bond donors (Lipinski definition) is 4. The summed E-state index contributed by atoms with van der Waals surface area (Å²) in [4.78, 5) is 0. The van der Waals surface area contributed by atoms with Crippen molar-refractivity contribution in [1.29, 1.82) is 5.26 Å². The van der Waals surface area contributed by atoms with Crippen molar-refractivity contribution in [2.45, 2.75) is 30.6 Å². The summed E-state index contributed by atoms with van der Waals surface area (Å²) >= 11 is 5.40. The molecule has 7 nitrogen and oxygen atoms in total. The molecule has 1 aromatic heterocycles. The summed E-state index contributed by atoms with van der Waals surface area (Å²) in [5.41, 5.74) is 1.54. The summed E-state index contributed by atoms with van der Waals surface area (Å²) in [6, 6.07) is 14.4. The number of rotatable bonds is 3. The molecule has 4 N–H and O–H groups in total. The van der Waals surface area contributed by atoms with Crippen LogP contribution in [0.25, 0.3) is 11.3 Å². The predicted molar refractivity (Wildman–Crippen MR) is 94.4 cm³/mol. The van der Waals surface area contributed by atoms with Gasteiger partial charge in [-0.2, -0.15) is 5.26 Å². The molecule has 8 heteroatoms. The lowest BCUT2D eigenvalue weighted by Crippen LogP contribution is -2.56. The van der Waals surface area contributed by atoms with E-state index in [4.69, 9.17) is 17.0 Å². The van der Waals surface area contributed by atoms with E-state index in [0.29, 0.717) is 5.69 Å². The Morgan fingerprint density at radius 1 is 1.04 bits per heavy atom. The molecule has 2 aromatic rings. The maximum atomic E-state index is 10.5. The van der Waals surface area contributed by atoms with Gasteiger partial charge in [0.2, 0.25) is 0 Å². The van der Waals surface area contributed by atoms with E-state index in [0.717, 1.165) is 5.56 Å². The van der Waals surface area contributed by atoms with Gasteiger partial charge < -0.3 is 29.7 Å². The second-order valence-corrected chi connectivity index (χ2v) is 6.39. The quantitative estimate of drug-likeness (QED) is 0.585. The van der Waals surface area contributed by atoms with Crippen LogP contribution in [0.4, 0.5) is 0 Å². The van der Waals surface area contributed by atoms with E-state index in [2.05, 4.69) is 0 Å². The van der Waals surface area contributed by atoms with Crippen LogP contribution in [0, 0.1) is 16.0 Å². The molecule has 1 fully saturated rings. The zero-order valence-electron chi connectivity index (χ0n) is 13.6. The van der Waals surface area contributed by atoms with Crippen LogP contribution >= 0.6 is 12.2 Å². The first-order chi connectivity index (χ1) is 12.5. The number of aliphatic hydroxyl groups excluding tert-OH is 4. The number of aliphatic hydroxyl groups is 4. The average Bonchev–Trinajstić information content (AvgIpc) is 2.67. The third-order valence-corrected chi connectivity index (χ3v) is 4.84. The van der Waals surface area contributed by atoms with E-state index in [1.165, 1.54) is 4.57 Å². The maximum Gasteiger partial charge on any atom is 0.164 e. The molecule has 136 valence electrons. The van der Waals surface area contributed by atoms with Crippen molar-refractivity contribution in [3.8, 4) is 17.3 Å². The Labute approximate surface area is 155 Å². The fourth-order valence-electron chi connectivity index (χ4n) is 3.03. The van der Waals surface area contributed by atoms with E-state index >= 15 is 0 Å². The highest BCUT2D eigenvalue weighted by Gasteiger charge is 2.44. The van der Waals surface area contributed by atoms with Crippen molar-refractivity contribution < 1.29 is 25.2 Å². The molecule has 1 saturated heterocycles. The summed E-state index contributed by atoms with van der Waals surface area (Å²) in [7, 11) is 0. The number of nitrogens with zero attached hydrogens (tertiary/aromatic N) is 2. The number of ether oxygens (including phenoxy) is 1. The molecule has 1 aliphatic rings. The van der Waals surface area contributed by atoms with Crippen molar-refractivity contribution in [3.05, 3.63) is 52.7 Å². The lowest BCUT2D eigenvalue weighted by atomic mass is 9.97. The lowest BCUT2D eigenvalue weighted by molar-refractivity contribution is -0.251. The summed E-state index contributed by atoms with van der Waals surface area (Å²) in [5, 5.41) is 49.3. The molecule has 1 aromatic carbocycles. The first-order valence-corrected chi connectivity index (χ1v) is 8.42. The Bertz CT molecular complexity index is 877. The zero-order valence-corrected chi connectivity index (χ0v) is 14.5. The van der Waals surface area contributed by atoms with E-state index in [1.54, 1.807) is 12.1 Å². The molecule has 2 heterocycles. The van der Waals surface area contributed by atoms with Crippen LogP contribution in [0.2, 0.25) is 0 Å². The molecular formula is C18H18N2O5S. The monoisotopic (exact) mass is 374 g/mol. The molecule has 26 heavy (non-hydrogen) atoms. The summed E-state index contributed by atoms with van der Waals surface area (Å²) in [6.45, 7) is -0.548. The second kappa shape index (κ2) is 7.63. The van der Waals surface area contributed by atoms with Gasteiger partial charge in [-0.15, -0.1) is 0 Å². The number of hydrogen-bond acceptors (Lipinski definition) is 7. The minimum atomic E-state index is -1.54. The molecule has 0 bridgehead atoms. The van der Waals surface area contributed by atoms with E-state index in [9.17, 15) is 25.7 Å². The average molecular weight is 374 g/mol. The van der Waals surface area contributed by atoms with Gasteiger partial charge in [-0.3, -0.25) is 0 Å². The van der Waals surface area contributed by atoms with Crippen molar-refractivity contribution in [1.82, 2.24) is 4.57 Å². The van der Waals surface area contributed by atoms with Gasteiger partial charge in [0, 0.05) is 0 Å². The van der Waals surface area contributed by atoms with Crippen LogP contribution in [-0.2, 0) is 4.74 Å². The predicted octanol–water partition coefficient (Wildman–Crippen LogP) is 0.729. The molecular weight excluding hydrogens is 356 g/mol. The van der Waals surface area contributed by atoms with Gasteiger partial charge in [-0.25, -0.2) is 0 Å². The van der Waals surface area contributed by atoms with E-state index < -0.39 is 37.3 Å². The topological polar surface area (TPSA) is 119 Å².